The fraction of sp³-hybridized carbons (Fsp3) is 0.370. The summed E-state index contributed by atoms with van der Waals surface area (Å²) in [5.41, 5.74) is 1.97. The van der Waals surface area contributed by atoms with Crippen LogP contribution in [0.25, 0.3) is 11.4 Å². The van der Waals surface area contributed by atoms with E-state index in [1.807, 2.05) is 60.7 Å². The van der Waals surface area contributed by atoms with Crippen LogP contribution >= 0.6 is 0 Å². The van der Waals surface area contributed by atoms with Crippen molar-refractivity contribution in [3.05, 3.63) is 72.1 Å². The lowest BCUT2D eigenvalue weighted by atomic mass is 9.95. The van der Waals surface area contributed by atoms with Crippen molar-refractivity contribution >= 4 is 17.7 Å². The molecule has 3 heterocycles. The van der Waals surface area contributed by atoms with Gasteiger partial charge in [-0.2, -0.15) is 4.98 Å². The van der Waals surface area contributed by atoms with Crippen molar-refractivity contribution in [3.8, 4) is 11.4 Å². The lowest BCUT2D eigenvalue weighted by Crippen LogP contribution is -2.57. The normalized spacial score (nSPS) is 17.6. The molecule has 3 aromatic rings. The molecule has 0 N–H and O–H groups in total. The van der Waals surface area contributed by atoms with Gasteiger partial charge in [0.1, 0.15) is 13.1 Å². The van der Waals surface area contributed by atoms with Crippen LogP contribution in [0, 0.1) is 5.92 Å². The monoisotopic (exact) mass is 487 g/mol. The molecule has 2 aromatic carbocycles. The summed E-state index contributed by atoms with van der Waals surface area (Å²) in [4.78, 5) is 47.8. The first kappa shape index (κ1) is 23.9. The number of hydrogen-bond acceptors (Lipinski definition) is 7. The second-order valence-corrected chi connectivity index (χ2v) is 9.30. The molecule has 2 aliphatic heterocycles. The number of amides is 3. The molecule has 2 saturated heterocycles. The predicted octanol–water partition coefficient (Wildman–Crippen LogP) is 2.39. The molecule has 186 valence electrons. The van der Waals surface area contributed by atoms with Crippen LogP contribution < -0.4 is 0 Å². The second-order valence-electron chi connectivity index (χ2n) is 9.30. The number of piperidine rings is 1. The third-order valence-corrected chi connectivity index (χ3v) is 6.83. The molecular weight excluding hydrogens is 458 g/mol. The maximum Gasteiger partial charge on any atom is 0.248 e. The maximum absolute atomic E-state index is 13.1. The minimum atomic E-state index is -0.307. The Hall–Kier alpha value is -3.85. The average molecular weight is 488 g/mol. The summed E-state index contributed by atoms with van der Waals surface area (Å²) in [6.07, 6.45) is 1.93. The van der Waals surface area contributed by atoms with E-state index in [1.165, 1.54) is 9.80 Å². The van der Waals surface area contributed by atoms with Gasteiger partial charge in [0.2, 0.25) is 29.4 Å². The van der Waals surface area contributed by atoms with E-state index in [4.69, 9.17) is 4.52 Å². The number of benzene rings is 2. The Morgan fingerprint density at radius 1 is 0.917 bits per heavy atom. The number of piperazine rings is 1. The van der Waals surface area contributed by atoms with E-state index in [-0.39, 0.29) is 36.7 Å². The number of carbonyl (C=O) groups is 3. The standard InChI is InChI=1S/C27H29N5O4/c33-24-18-31(19-25(34)32(24)16-11-20-7-3-1-4-8-20)27(35)22-12-14-30(15-13-22)17-23-28-26(29-36-23)21-9-5-2-6-10-21/h1-10,22H,11-19H2. The molecule has 9 nitrogen and oxygen atoms in total. The smallest absolute Gasteiger partial charge is 0.248 e. The molecule has 0 atom stereocenters. The van der Waals surface area contributed by atoms with E-state index < -0.39 is 0 Å². The van der Waals surface area contributed by atoms with E-state index in [9.17, 15) is 14.4 Å². The number of likely N-dealkylation sites (tertiary alicyclic amines) is 1. The summed E-state index contributed by atoms with van der Waals surface area (Å²) < 4.78 is 5.42. The van der Waals surface area contributed by atoms with Gasteiger partial charge in [-0.3, -0.25) is 24.2 Å². The summed E-state index contributed by atoms with van der Waals surface area (Å²) >= 11 is 0. The zero-order valence-electron chi connectivity index (χ0n) is 20.1. The van der Waals surface area contributed by atoms with Crippen LogP contribution in [0.15, 0.2) is 65.2 Å². The van der Waals surface area contributed by atoms with Gasteiger partial charge < -0.3 is 9.42 Å². The SMILES string of the molecule is O=C(C1CCN(Cc2nc(-c3ccccc3)no2)CC1)N1CC(=O)N(CCc2ccccc2)C(=O)C1. The van der Waals surface area contributed by atoms with Crippen molar-refractivity contribution in [2.75, 3.05) is 32.7 Å². The highest BCUT2D eigenvalue weighted by atomic mass is 16.5. The van der Waals surface area contributed by atoms with E-state index in [0.717, 1.165) is 11.1 Å². The zero-order valence-corrected chi connectivity index (χ0v) is 20.1. The molecule has 0 unspecified atom stereocenters. The highest BCUT2D eigenvalue weighted by Gasteiger charge is 2.36. The Labute approximate surface area is 209 Å². The molecule has 0 radical (unpaired) electrons. The summed E-state index contributed by atoms with van der Waals surface area (Å²) in [5.74, 6) is 0.190. The third kappa shape index (κ3) is 5.52. The second kappa shape index (κ2) is 10.8. The number of hydrogen-bond donors (Lipinski definition) is 0. The summed E-state index contributed by atoms with van der Waals surface area (Å²) in [5, 5.41) is 4.07. The number of rotatable bonds is 7. The van der Waals surface area contributed by atoms with Crippen molar-refractivity contribution in [1.82, 2.24) is 24.8 Å². The number of imide groups is 1. The van der Waals surface area contributed by atoms with Gasteiger partial charge in [0.05, 0.1) is 6.54 Å². The third-order valence-electron chi connectivity index (χ3n) is 6.83. The molecule has 5 rings (SSSR count). The fourth-order valence-corrected chi connectivity index (χ4v) is 4.79. The number of aromatic nitrogens is 2. The van der Waals surface area contributed by atoms with Crippen molar-refractivity contribution in [2.24, 2.45) is 5.92 Å². The van der Waals surface area contributed by atoms with Crippen LogP contribution in [0.1, 0.15) is 24.3 Å². The fourth-order valence-electron chi connectivity index (χ4n) is 4.79. The van der Waals surface area contributed by atoms with E-state index >= 15 is 0 Å². The van der Waals surface area contributed by atoms with E-state index in [2.05, 4.69) is 15.0 Å². The zero-order chi connectivity index (χ0) is 24.9. The minimum Gasteiger partial charge on any atom is -0.338 e. The van der Waals surface area contributed by atoms with Crippen molar-refractivity contribution in [2.45, 2.75) is 25.8 Å². The van der Waals surface area contributed by atoms with Gasteiger partial charge in [0, 0.05) is 18.0 Å². The molecule has 2 aliphatic rings. The Morgan fingerprint density at radius 2 is 1.56 bits per heavy atom. The minimum absolute atomic E-state index is 0.0379. The van der Waals surface area contributed by atoms with Crippen LogP contribution in [-0.2, 0) is 27.3 Å². The first-order valence-corrected chi connectivity index (χ1v) is 12.3. The molecule has 36 heavy (non-hydrogen) atoms. The van der Waals surface area contributed by atoms with Gasteiger partial charge in [-0.05, 0) is 37.9 Å². The van der Waals surface area contributed by atoms with Crippen LogP contribution in [0.3, 0.4) is 0 Å². The quantitative estimate of drug-likeness (QED) is 0.472. The number of carbonyl (C=O) groups excluding carboxylic acids is 3. The molecule has 0 saturated carbocycles. The van der Waals surface area contributed by atoms with Crippen molar-refractivity contribution in [1.29, 1.82) is 0 Å². The molecule has 0 aliphatic carbocycles. The Bertz CT molecular complexity index is 1190. The molecular formula is C27H29N5O4. The van der Waals surface area contributed by atoms with E-state index in [0.29, 0.717) is 57.2 Å². The first-order valence-electron chi connectivity index (χ1n) is 12.3. The lowest BCUT2D eigenvalue weighted by Gasteiger charge is -2.37. The van der Waals surface area contributed by atoms with E-state index in [1.54, 1.807) is 0 Å². The predicted molar refractivity (Wildman–Crippen MR) is 131 cm³/mol. The Morgan fingerprint density at radius 3 is 2.22 bits per heavy atom. The summed E-state index contributed by atoms with van der Waals surface area (Å²) in [6.45, 7) is 2.20. The number of nitrogens with zero attached hydrogens (tertiary/aromatic N) is 5. The Kier molecular flexibility index (Phi) is 7.18. The highest BCUT2D eigenvalue weighted by Crippen LogP contribution is 2.23. The molecule has 9 heteroatoms. The first-order chi connectivity index (χ1) is 17.6. The maximum atomic E-state index is 13.1. The van der Waals surface area contributed by atoms with Gasteiger partial charge in [0.15, 0.2) is 0 Å². The molecule has 3 amide bonds. The lowest BCUT2D eigenvalue weighted by molar-refractivity contribution is -0.158. The van der Waals surface area contributed by atoms with Gasteiger partial charge in [-0.15, -0.1) is 0 Å². The Balaban J connectivity index is 1.09. The van der Waals surface area contributed by atoms with Crippen molar-refractivity contribution in [3.63, 3.8) is 0 Å². The molecule has 0 spiro atoms. The van der Waals surface area contributed by atoms with Crippen LogP contribution in [-0.4, -0.2) is 75.3 Å². The average Bonchev–Trinajstić information content (AvgIpc) is 3.38. The molecule has 2 fully saturated rings. The van der Waals surface area contributed by atoms with Crippen LogP contribution in [0.2, 0.25) is 0 Å². The summed E-state index contributed by atoms with van der Waals surface area (Å²) in [7, 11) is 0. The van der Waals surface area contributed by atoms with Crippen LogP contribution in [0.4, 0.5) is 0 Å². The summed E-state index contributed by atoms with van der Waals surface area (Å²) in [6, 6.07) is 19.4. The molecule has 0 bridgehead atoms. The van der Waals surface area contributed by atoms with Crippen LogP contribution in [0.5, 0.6) is 0 Å². The van der Waals surface area contributed by atoms with Crippen molar-refractivity contribution < 1.29 is 18.9 Å². The largest absolute Gasteiger partial charge is 0.338 e. The van der Waals surface area contributed by atoms with Gasteiger partial charge in [0.25, 0.3) is 0 Å². The molecule has 1 aromatic heterocycles. The van der Waals surface area contributed by atoms with Gasteiger partial charge in [-0.25, -0.2) is 0 Å². The highest BCUT2D eigenvalue weighted by molar-refractivity contribution is 6.02. The van der Waals surface area contributed by atoms with Gasteiger partial charge >= 0.3 is 0 Å². The van der Waals surface area contributed by atoms with Gasteiger partial charge in [-0.1, -0.05) is 65.8 Å². The topological polar surface area (TPSA) is 99.8 Å².